The number of pyridine rings is 2. The van der Waals surface area contributed by atoms with E-state index in [4.69, 9.17) is 10.8 Å². The number of aromatic nitrogens is 6. The highest BCUT2D eigenvalue weighted by molar-refractivity contribution is 5.86. The van der Waals surface area contributed by atoms with E-state index in [1.54, 1.807) is 30.7 Å². The fourth-order valence-corrected chi connectivity index (χ4v) is 3.72. The molecule has 11 heteroatoms. The minimum absolute atomic E-state index is 0.0284. The molecule has 0 fully saturated rings. The molecular weight excluding hydrogens is 444 g/mol. The maximum absolute atomic E-state index is 14.8. The molecule has 0 saturated heterocycles. The Labute approximate surface area is 191 Å². The second kappa shape index (κ2) is 8.61. The lowest BCUT2D eigenvalue weighted by Crippen LogP contribution is -2.19. The lowest BCUT2D eigenvalue weighted by molar-refractivity contribution is 0.0783. The first kappa shape index (κ1) is 21.6. The maximum atomic E-state index is 14.8. The normalized spacial score (nSPS) is 12.4. The number of aliphatic hydroxyl groups excluding tert-OH is 2. The molecule has 1 aromatic carbocycles. The molecule has 0 amide bonds. The number of anilines is 1. The highest BCUT2D eigenvalue weighted by atomic mass is 19.2. The van der Waals surface area contributed by atoms with E-state index in [0.717, 1.165) is 6.07 Å². The molecular formula is C23H19F2N7O2. The van der Waals surface area contributed by atoms with E-state index in [1.807, 2.05) is 0 Å². The molecule has 0 saturated carbocycles. The standard InChI is InChI=1S/C23H19F2N7O2/c24-17-2-1-3-20(21(17)25)32-19-4-5-27-9-18(19)30-23(32)16-6-13(7-28-22(16)26)14-8-29-31(10-14)11-15(34)12-33/h1-10,15,33-34H,11-12H2,(H2,26,28). The second-order valence-electron chi connectivity index (χ2n) is 7.65. The summed E-state index contributed by atoms with van der Waals surface area (Å²) in [6.07, 6.45) is 6.95. The smallest absolute Gasteiger partial charge is 0.182 e. The average molecular weight is 463 g/mol. The molecule has 4 N–H and O–H groups in total. The van der Waals surface area contributed by atoms with E-state index in [9.17, 15) is 13.9 Å². The lowest BCUT2D eigenvalue weighted by atomic mass is 10.1. The molecule has 1 unspecified atom stereocenters. The SMILES string of the molecule is Nc1ncc(-c2cnn(CC(O)CO)c2)cc1-c1nc2cnccc2n1-c1cccc(F)c1F. The largest absolute Gasteiger partial charge is 0.394 e. The van der Waals surface area contributed by atoms with Gasteiger partial charge in [0.15, 0.2) is 11.6 Å². The van der Waals surface area contributed by atoms with Gasteiger partial charge >= 0.3 is 0 Å². The quantitative estimate of drug-likeness (QED) is 0.353. The average Bonchev–Trinajstić information content (AvgIpc) is 3.46. The minimum atomic E-state index is -1.02. The van der Waals surface area contributed by atoms with E-state index >= 15 is 0 Å². The number of nitrogen functional groups attached to an aromatic ring is 1. The van der Waals surface area contributed by atoms with Crippen LogP contribution < -0.4 is 5.73 Å². The monoisotopic (exact) mass is 463 g/mol. The number of aliphatic hydroxyl groups is 2. The van der Waals surface area contributed by atoms with E-state index in [2.05, 4.69) is 20.1 Å². The van der Waals surface area contributed by atoms with Gasteiger partial charge in [0.1, 0.15) is 17.2 Å². The fraction of sp³-hybridized carbons (Fsp3) is 0.130. The predicted molar refractivity (Wildman–Crippen MR) is 121 cm³/mol. The first-order valence-electron chi connectivity index (χ1n) is 10.3. The van der Waals surface area contributed by atoms with E-state index in [1.165, 1.54) is 33.8 Å². The molecule has 0 spiro atoms. The molecule has 9 nitrogen and oxygen atoms in total. The molecule has 0 radical (unpaired) electrons. The highest BCUT2D eigenvalue weighted by Crippen LogP contribution is 2.34. The van der Waals surface area contributed by atoms with Gasteiger partial charge in [-0.15, -0.1) is 0 Å². The summed E-state index contributed by atoms with van der Waals surface area (Å²) in [5.41, 5.74) is 8.88. The van der Waals surface area contributed by atoms with Crippen molar-refractivity contribution < 1.29 is 19.0 Å². The number of rotatable bonds is 6. The Morgan fingerprint density at radius 1 is 1.09 bits per heavy atom. The Morgan fingerprint density at radius 3 is 2.76 bits per heavy atom. The summed E-state index contributed by atoms with van der Waals surface area (Å²) in [7, 11) is 0. The first-order valence-corrected chi connectivity index (χ1v) is 10.3. The Hall–Kier alpha value is -4.22. The summed E-state index contributed by atoms with van der Waals surface area (Å²) in [6, 6.07) is 7.29. The molecule has 0 aliphatic rings. The number of hydrogen-bond donors (Lipinski definition) is 3. The van der Waals surface area contributed by atoms with E-state index in [-0.39, 0.29) is 30.5 Å². The Balaban J connectivity index is 1.67. The molecule has 4 heterocycles. The summed E-state index contributed by atoms with van der Waals surface area (Å²) < 4.78 is 31.9. The third-order valence-corrected chi connectivity index (χ3v) is 5.36. The van der Waals surface area contributed by atoms with Crippen LogP contribution in [0, 0.1) is 11.6 Å². The van der Waals surface area contributed by atoms with Crippen molar-refractivity contribution in [1.82, 2.24) is 29.3 Å². The Bertz CT molecular complexity index is 1500. The van der Waals surface area contributed by atoms with Gasteiger partial charge in [-0.1, -0.05) is 6.07 Å². The zero-order chi connectivity index (χ0) is 23.8. The third-order valence-electron chi connectivity index (χ3n) is 5.36. The number of hydrogen-bond acceptors (Lipinski definition) is 7. The molecule has 0 bridgehead atoms. The topological polar surface area (TPSA) is 128 Å². The summed E-state index contributed by atoms with van der Waals surface area (Å²) in [5, 5.41) is 22.9. The van der Waals surface area contributed by atoms with Crippen LogP contribution in [0.25, 0.3) is 39.2 Å². The Morgan fingerprint density at radius 2 is 1.94 bits per heavy atom. The van der Waals surface area contributed by atoms with Gasteiger partial charge in [0.25, 0.3) is 0 Å². The number of imidazole rings is 1. The van der Waals surface area contributed by atoms with E-state index in [0.29, 0.717) is 27.7 Å². The van der Waals surface area contributed by atoms with Crippen molar-refractivity contribution in [2.45, 2.75) is 12.6 Å². The summed E-state index contributed by atoms with van der Waals surface area (Å²) in [5.74, 6) is -1.60. The van der Waals surface area contributed by atoms with Gasteiger partial charge in [0.05, 0.1) is 48.4 Å². The van der Waals surface area contributed by atoms with Crippen LogP contribution >= 0.6 is 0 Å². The van der Waals surface area contributed by atoms with E-state index < -0.39 is 17.7 Å². The zero-order valence-electron chi connectivity index (χ0n) is 17.7. The van der Waals surface area contributed by atoms with Gasteiger partial charge in [-0.25, -0.2) is 18.7 Å². The molecule has 5 rings (SSSR count). The van der Waals surface area contributed by atoms with Crippen LogP contribution in [0.15, 0.2) is 61.3 Å². The first-order chi connectivity index (χ1) is 16.5. The van der Waals surface area contributed by atoms with Crippen molar-refractivity contribution in [3.63, 3.8) is 0 Å². The van der Waals surface area contributed by atoms with Crippen LogP contribution in [-0.4, -0.2) is 52.2 Å². The minimum Gasteiger partial charge on any atom is -0.394 e. The van der Waals surface area contributed by atoms with Gasteiger partial charge in [0, 0.05) is 29.7 Å². The van der Waals surface area contributed by atoms with Crippen LogP contribution in [-0.2, 0) is 6.54 Å². The van der Waals surface area contributed by atoms with Crippen molar-refractivity contribution in [3.8, 4) is 28.2 Å². The number of nitrogens with two attached hydrogens (primary N) is 1. The van der Waals surface area contributed by atoms with Crippen LogP contribution in [0.2, 0.25) is 0 Å². The highest BCUT2D eigenvalue weighted by Gasteiger charge is 2.21. The van der Waals surface area contributed by atoms with Crippen molar-refractivity contribution in [1.29, 1.82) is 0 Å². The molecule has 0 aliphatic carbocycles. The van der Waals surface area contributed by atoms with Crippen molar-refractivity contribution in [2.75, 3.05) is 12.3 Å². The molecule has 4 aromatic heterocycles. The molecule has 5 aromatic rings. The van der Waals surface area contributed by atoms with Crippen LogP contribution in [0.1, 0.15) is 0 Å². The van der Waals surface area contributed by atoms with Gasteiger partial charge < -0.3 is 15.9 Å². The maximum Gasteiger partial charge on any atom is 0.182 e. The summed E-state index contributed by atoms with van der Waals surface area (Å²) in [4.78, 5) is 12.9. The number of fused-ring (bicyclic) bond motifs is 1. The fourth-order valence-electron chi connectivity index (χ4n) is 3.72. The zero-order valence-corrected chi connectivity index (χ0v) is 17.7. The Kier molecular flexibility index (Phi) is 5.48. The third kappa shape index (κ3) is 3.76. The summed E-state index contributed by atoms with van der Waals surface area (Å²) >= 11 is 0. The summed E-state index contributed by atoms with van der Waals surface area (Å²) in [6.45, 7) is -0.266. The van der Waals surface area contributed by atoms with Crippen LogP contribution in [0.5, 0.6) is 0 Å². The van der Waals surface area contributed by atoms with Crippen LogP contribution in [0.3, 0.4) is 0 Å². The number of benzene rings is 1. The van der Waals surface area contributed by atoms with Gasteiger partial charge in [0.2, 0.25) is 0 Å². The van der Waals surface area contributed by atoms with Crippen molar-refractivity contribution in [3.05, 3.63) is 73.0 Å². The number of halogens is 2. The lowest BCUT2D eigenvalue weighted by Gasteiger charge is -2.12. The number of nitrogens with zero attached hydrogens (tertiary/aromatic N) is 6. The van der Waals surface area contributed by atoms with Gasteiger partial charge in [-0.3, -0.25) is 14.2 Å². The van der Waals surface area contributed by atoms with Crippen molar-refractivity contribution >= 4 is 16.9 Å². The molecule has 172 valence electrons. The van der Waals surface area contributed by atoms with Gasteiger partial charge in [-0.2, -0.15) is 5.10 Å². The molecule has 34 heavy (non-hydrogen) atoms. The van der Waals surface area contributed by atoms with Crippen molar-refractivity contribution in [2.24, 2.45) is 0 Å². The second-order valence-corrected chi connectivity index (χ2v) is 7.65. The van der Waals surface area contributed by atoms with Crippen LogP contribution in [0.4, 0.5) is 14.6 Å². The molecule has 1 atom stereocenters. The molecule has 0 aliphatic heterocycles. The predicted octanol–water partition coefficient (Wildman–Crippen LogP) is 2.56. The van der Waals surface area contributed by atoms with Gasteiger partial charge in [-0.05, 0) is 24.3 Å².